The molecule has 2 fully saturated rings. The fourth-order valence-corrected chi connectivity index (χ4v) is 4.69. The molecule has 0 radical (unpaired) electrons. The van der Waals surface area contributed by atoms with Gasteiger partial charge in [-0.15, -0.1) is 0 Å². The highest BCUT2D eigenvalue weighted by molar-refractivity contribution is 5.92. The number of pyridine rings is 1. The number of fused-ring (bicyclic) bond motifs is 2. The lowest BCUT2D eigenvalue weighted by molar-refractivity contribution is -0.122. The molecule has 2 saturated carbocycles. The summed E-state index contributed by atoms with van der Waals surface area (Å²) in [4.78, 5) is 16.8. The molecule has 1 heterocycles. The minimum absolute atomic E-state index is 0.113. The van der Waals surface area contributed by atoms with E-state index in [4.69, 9.17) is 5.73 Å². The highest BCUT2D eigenvalue weighted by Crippen LogP contribution is 2.42. The Kier molecular flexibility index (Phi) is 5.02. The number of nitrogens with zero attached hydrogens (tertiary/aromatic N) is 1. The second kappa shape index (κ2) is 7.58. The van der Waals surface area contributed by atoms with Crippen molar-refractivity contribution >= 4 is 11.6 Å². The van der Waals surface area contributed by atoms with E-state index >= 15 is 0 Å². The Morgan fingerprint density at radius 1 is 1.00 bits per heavy atom. The molecule has 2 aromatic rings. The van der Waals surface area contributed by atoms with Gasteiger partial charge in [-0.3, -0.25) is 9.78 Å². The van der Waals surface area contributed by atoms with Crippen molar-refractivity contribution in [1.29, 1.82) is 0 Å². The smallest absolute Gasteiger partial charge is 0.227 e. The van der Waals surface area contributed by atoms with Crippen LogP contribution in [0.2, 0.25) is 0 Å². The maximum absolute atomic E-state index is 12.7. The lowest BCUT2D eigenvalue weighted by atomic mass is 9.65. The highest BCUT2D eigenvalue weighted by atomic mass is 16.1. The molecule has 0 spiro atoms. The SMILES string of the molecule is NC1C2CCCC1CC(C(=O)Nc1ccc(Cc3ccncc3)cc1)C2. The van der Waals surface area contributed by atoms with Gasteiger partial charge in [0, 0.05) is 30.0 Å². The first-order valence-electron chi connectivity index (χ1n) is 9.73. The van der Waals surface area contributed by atoms with Crippen LogP contribution in [0.1, 0.15) is 43.2 Å². The zero-order chi connectivity index (χ0) is 17.9. The molecule has 136 valence electrons. The molecule has 3 N–H and O–H groups in total. The molecule has 4 rings (SSSR count). The van der Waals surface area contributed by atoms with Crippen LogP contribution in [0.15, 0.2) is 48.8 Å². The quantitative estimate of drug-likeness (QED) is 0.883. The molecule has 2 bridgehead atoms. The van der Waals surface area contributed by atoms with Crippen LogP contribution in [0.25, 0.3) is 0 Å². The molecule has 26 heavy (non-hydrogen) atoms. The normalized spacial score (nSPS) is 27.7. The standard InChI is InChI=1S/C22H27N3O/c23-21-17-2-1-3-18(21)14-19(13-17)22(26)25-20-6-4-15(5-7-20)12-16-8-10-24-11-9-16/h4-11,17-19,21H,1-3,12-14,23H2,(H,25,26). The average molecular weight is 349 g/mol. The van der Waals surface area contributed by atoms with Gasteiger partial charge in [-0.1, -0.05) is 18.6 Å². The second-order valence-electron chi connectivity index (χ2n) is 7.92. The van der Waals surface area contributed by atoms with Gasteiger partial charge in [-0.2, -0.15) is 0 Å². The Bertz CT molecular complexity index is 730. The largest absolute Gasteiger partial charge is 0.327 e. The van der Waals surface area contributed by atoms with Gasteiger partial charge in [0.15, 0.2) is 0 Å². The first kappa shape index (κ1) is 17.2. The molecule has 4 heteroatoms. The van der Waals surface area contributed by atoms with E-state index in [0.29, 0.717) is 17.9 Å². The topological polar surface area (TPSA) is 68.0 Å². The van der Waals surface area contributed by atoms with Gasteiger partial charge in [0.1, 0.15) is 0 Å². The van der Waals surface area contributed by atoms with Crippen LogP contribution in [-0.4, -0.2) is 16.9 Å². The van der Waals surface area contributed by atoms with Gasteiger partial charge < -0.3 is 11.1 Å². The van der Waals surface area contributed by atoms with E-state index in [0.717, 1.165) is 24.9 Å². The summed E-state index contributed by atoms with van der Waals surface area (Å²) in [5, 5.41) is 3.12. The number of carbonyl (C=O) groups excluding carboxylic acids is 1. The van der Waals surface area contributed by atoms with E-state index in [9.17, 15) is 4.79 Å². The van der Waals surface area contributed by atoms with E-state index in [1.165, 1.54) is 30.4 Å². The van der Waals surface area contributed by atoms with Crippen molar-refractivity contribution in [2.24, 2.45) is 23.5 Å². The average Bonchev–Trinajstić information content (AvgIpc) is 2.64. The Labute approximate surface area is 155 Å². The summed E-state index contributed by atoms with van der Waals surface area (Å²) in [6.07, 6.45) is 10.0. The third-order valence-electron chi connectivity index (χ3n) is 6.16. The van der Waals surface area contributed by atoms with E-state index < -0.39 is 0 Å². The minimum atomic E-state index is 0.113. The zero-order valence-corrected chi connectivity index (χ0v) is 15.1. The number of carbonyl (C=O) groups is 1. The Morgan fingerprint density at radius 2 is 1.62 bits per heavy atom. The Balaban J connectivity index is 1.36. The fraction of sp³-hybridized carbons (Fsp3) is 0.455. The van der Waals surface area contributed by atoms with E-state index in [2.05, 4.69) is 22.4 Å². The summed E-state index contributed by atoms with van der Waals surface area (Å²) in [5.41, 5.74) is 9.69. The lowest BCUT2D eigenvalue weighted by Gasteiger charge is -2.43. The summed E-state index contributed by atoms with van der Waals surface area (Å²) in [7, 11) is 0. The molecule has 2 aliphatic carbocycles. The van der Waals surface area contributed by atoms with Gasteiger partial charge in [-0.05, 0) is 79.3 Å². The van der Waals surface area contributed by atoms with Crippen LogP contribution >= 0.6 is 0 Å². The first-order chi connectivity index (χ1) is 12.7. The molecule has 2 unspecified atom stereocenters. The number of benzene rings is 1. The predicted octanol–water partition coefficient (Wildman–Crippen LogP) is 3.76. The molecule has 1 aromatic heterocycles. The number of nitrogens with two attached hydrogens (primary N) is 1. The number of rotatable bonds is 4. The maximum atomic E-state index is 12.7. The van der Waals surface area contributed by atoms with Gasteiger partial charge in [-0.25, -0.2) is 0 Å². The molecule has 0 saturated heterocycles. The highest BCUT2D eigenvalue weighted by Gasteiger charge is 2.40. The minimum Gasteiger partial charge on any atom is -0.327 e. The Morgan fingerprint density at radius 3 is 2.27 bits per heavy atom. The maximum Gasteiger partial charge on any atom is 0.227 e. The summed E-state index contributed by atoms with van der Waals surface area (Å²) in [6.45, 7) is 0. The predicted molar refractivity (Wildman–Crippen MR) is 104 cm³/mol. The fourth-order valence-electron chi connectivity index (χ4n) is 4.69. The summed E-state index contributed by atoms with van der Waals surface area (Å²) in [6, 6.07) is 12.5. The molecule has 2 aliphatic rings. The van der Waals surface area contributed by atoms with E-state index in [-0.39, 0.29) is 11.8 Å². The number of anilines is 1. The lowest BCUT2D eigenvalue weighted by Crippen LogP contribution is -2.48. The number of amides is 1. The van der Waals surface area contributed by atoms with Gasteiger partial charge in [0.2, 0.25) is 5.91 Å². The van der Waals surface area contributed by atoms with Crippen LogP contribution < -0.4 is 11.1 Å². The van der Waals surface area contributed by atoms with Gasteiger partial charge in [0.25, 0.3) is 0 Å². The van der Waals surface area contributed by atoms with Crippen molar-refractivity contribution in [2.75, 3.05) is 5.32 Å². The number of hydrogen-bond acceptors (Lipinski definition) is 3. The third kappa shape index (κ3) is 3.80. The number of nitrogens with one attached hydrogen (secondary N) is 1. The van der Waals surface area contributed by atoms with Crippen molar-refractivity contribution < 1.29 is 4.79 Å². The van der Waals surface area contributed by atoms with E-state index in [1.807, 2.05) is 36.7 Å². The van der Waals surface area contributed by atoms with E-state index in [1.54, 1.807) is 0 Å². The van der Waals surface area contributed by atoms with Crippen LogP contribution in [0.4, 0.5) is 5.69 Å². The second-order valence-corrected chi connectivity index (χ2v) is 7.92. The molecule has 1 aromatic carbocycles. The van der Waals surface area contributed by atoms with Crippen molar-refractivity contribution in [3.05, 3.63) is 59.9 Å². The number of aromatic nitrogens is 1. The van der Waals surface area contributed by atoms with Crippen molar-refractivity contribution in [1.82, 2.24) is 4.98 Å². The van der Waals surface area contributed by atoms with Crippen LogP contribution in [0.3, 0.4) is 0 Å². The molecule has 2 atom stereocenters. The third-order valence-corrected chi connectivity index (χ3v) is 6.16. The monoisotopic (exact) mass is 349 g/mol. The summed E-state index contributed by atoms with van der Waals surface area (Å²) in [5.74, 6) is 1.33. The molecule has 0 aliphatic heterocycles. The van der Waals surface area contributed by atoms with Crippen molar-refractivity contribution in [3.8, 4) is 0 Å². The van der Waals surface area contributed by atoms with Crippen LogP contribution in [0, 0.1) is 17.8 Å². The van der Waals surface area contributed by atoms with Gasteiger partial charge in [0.05, 0.1) is 0 Å². The summed E-state index contributed by atoms with van der Waals surface area (Å²) < 4.78 is 0. The first-order valence-corrected chi connectivity index (χ1v) is 9.73. The molecular formula is C22H27N3O. The van der Waals surface area contributed by atoms with Gasteiger partial charge >= 0.3 is 0 Å². The van der Waals surface area contributed by atoms with Crippen molar-refractivity contribution in [3.63, 3.8) is 0 Å². The molecule has 1 amide bonds. The molecular weight excluding hydrogens is 322 g/mol. The van der Waals surface area contributed by atoms with Crippen LogP contribution in [0.5, 0.6) is 0 Å². The molecule has 4 nitrogen and oxygen atoms in total. The summed E-state index contributed by atoms with van der Waals surface area (Å²) >= 11 is 0. The number of hydrogen-bond donors (Lipinski definition) is 2. The zero-order valence-electron chi connectivity index (χ0n) is 15.1. The Hall–Kier alpha value is -2.20. The van der Waals surface area contributed by atoms with Crippen molar-refractivity contribution in [2.45, 2.75) is 44.6 Å². The van der Waals surface area contributed by atoms with Crippen LogP contribution in [-0.2, 0) is 11.2 Å².